The summed E-state index contributed by atoms with van der Waals surface area (Å²) in [5, 5.41) is 24.2. The van der Waals surface area contributed by atoms with Crippen LogP contribution in [-0.4, -0.2) is 76.6 Å². The van der Waals surface area contributed by atoms with Gasteiger partial charge in [-0.1, -0.05) is 68.2 Å². The second-order valence-corrected chi connectivity index (χ2v) is 16.5. The molecular weight excluding hydrogens is 753 g/mol. The molecule has 0 saturated heterocycles. The zero-order valence-electron chi connectivity index (χ0n) is 34.9. The molecule has 0 saturated carbocycles. The number of hydrogen-bond acceptors (Lipinski definition) is 11. The van der Waals surface area contributed by atoms with Crippen LogP contribution in [0.15, 0.2) is 48.5 Å². The molecule has 59 heavy (non-hydrogen) atoms. The van der Waals surface area contributed by atoms with Gasteiger partial charge in [0.2, 0.25) is 11.8 Å². The van der Waals surface area contributed by atoms with Gasteiger partial charge in [0.25, 0.3) is 0 Å². The maximum absolute atomic E-state index is 12.4. The van der Waals surface area contributed by atoms with Crippen molar-refractivity contribution in [2.24, 2.45) is 0 Å². The molecule has 0 unspecified atom stereocenters. The number of H-pyrrole nitrogens is 1. The quantitative estimate of drug-likeness (QED) is 0.0597. The van der Waals surface area contributed by atoms with Crippen LogP contribution in [0, 0.1) is 0 Å². The van der Waals surface area contributed by atoms with Crippen LogP contribution in [0.1, 0.15) is 111 Å². The Morgan fingerprint density at radius 2 is 1.17 bits per heavy atom. The number of nitrogens with one attached hydrogen (secondary N) is 3. The number of hydrogen-bond donors (Lipinski definition) is 3. The Hall–Kier alpha value is -6.45. The van der Waals surface area contributed by atoms with E-state index < -0.39 is 23.8 Å². The van der Waals surface area contributed by atoms with Gasteiger partial charge < -0.3 is 20.1 Å². The van der Waals surface area contributed by atoms with E-state index in [0.717, 1.165) is 53.4 Å². The van der Waals surface area contributed by atoms with Gasteiger partial charge in [-0.25, -0.2) is 9.97 Å². The average molecular weight is 805 g/mol. The van der Waals surface area contributed by atoms with Crippen LogP contribution in [0.2, 0.25) is 0 Å². The molecule has 310 valence electrons. The first kappa shape index (κ1) is 42.2. The summed E-state index contributed by atoms with van der Waals surface area (Å²) in [7, 11) is 0. The highest BCUT2D eigenvalue weighted by atomic mass is 16.5. The summed E-state index contributed by atoms with van der Waals surface area (Å²) in [5.41, 5.74) is 5.53. The van der Waals surface area contributed by atoms with Crippen LogP contribution in [0.25, 0.3) is 40.1 Å². The summed E-state index contributed by atoms with van der Waals surface area (Å²) in [6.45, 7) is 17.2. The summed E-state index contributed by atoms with van der Waals surface area (Å²) < 4.78 is 13.4. The smallest absolute Gasteiger partial charge is 0.315 e. The fourth-order valence-corrected chi connectivity index (χ4v) is 6.26. The normalized spacial score (nSPS) is 12.3. The topological polar surface area (TPSA) is 200 Å². The molecule has 16 heteroatoms. The second-order valence-electron chi connectivity index (χ2n) is 16.5. The number of aromatic nitrogens is 8. The first-order valence-electron chi connectivity index (χ1n) is 19.9. The maximum Gasteiger partial charge on any atom is 0.315 e. The Kier molecular flexibility index (Phi) is 12.6. The van der Waals surface area contributed by atoms with Crippen molar-refractivity contribution in [3.8, 4) is 22.8 Å². The molecule has 0 bridgehead atoms. The Morgan fingerprint density at radius 3 is 1.64 bits per heavy atom. The third-order valence-corrected chi connectivity index (χ3v) is 9.35. The number of fused-ring (bicyclic) bond motifs is 2. The van der Waals surface area contributed by atoms with E-state index in [2.05, 4.69) is 57.3 Å². The van der Waals surface area contributed by atoms with Gasteiger partial charge in [-0.2, -0.15) is 9.73 Å². The SMILES string of the molecule is CCCCOC(=O)CC(=O)Nc1ccc(-c2nc3c(=Cc4c(C(C)(C)C)[nH]n5nc(-c6ccc(NC(=O)CC(=O)OCCCC)cc6)nc45)c(C(C)(C)C)nn3n2)cc1. The van der Waals surface area contributed by atoms with Gasteiger partial charge in [0.05, 0.1) is 24.6 Å². The van der Waals surface area contributed by atoms with Crippen LogP contribution in [0.3, 0.4) is 0 Å². The first-order chi connectivity index (χ1) is 28.0. The van der Waals surface area contributed by atoms with Crippen molar-refractivity contribution in [1.82, 2.24) is 39.6 Å². The Morgan fingerprint density at radius 1 is 0.678 bits per heavy atom. The van der Waals surface area contributed by atoms with E-state index in [9.17, 15) is 19.2 Å². The minimum absolute atomic E-state index is 0.300. The van der Waals surface area contributed by atoms with E-state index in [1.54, 1.807) is 45.7 Å². The lowest BCUT2D eigenvalue weighted by Gasteiger charge is -2.18. The number of benzene rings is 2. The molecule has 0 atom stereocenters. The van der Waals surface area contributed by atoms with Crippen molar-refractivity contribution in [3.05, 3.63) is 70.7 Å². The van der Waals surface area contributed by atoms with Crippen LogP contribution >= 0.6 is 0 Å². The molecule has 3 N–H and O–H groups in total. The molecule has 4 aromatic heterocycles. The highest BCUT2D eigenvalue weighted by Gasteiger charge is 2.28. The number of nitrogens with zero attached hydrogens (tertiary/aromatic N) is 7. The lowest BCUT2D eigenvalue weighted by atomic mass is 9.88. The number of ether oxygens (including phenoxy) is 2. The van der Waals surface area contributed by atoms with Crippen molar-refractivity contribution in [3.63, 3.8) is 0 Å². The largest absolute Gasteiger partial charge is 0.465 e. The maximum atomic E-state index is 12.4. The molecule has 0 radical (unpaired) electrons. The van der Waals surface area contributed by atoms with Crippen molar-refractivity contribution in [2.45, 2.75) is 105 Å². The minimum atomic E-state index is -0.558. The van der Waals surface area contributed by atoms with Crippen LogP contribution in [0.5, 0.6) is 0 Å². The molecular formula is C43H52N10O6. The molecule has 6 rings (SSSR count). The number of amides is 2. The van der Waals surface area contributed by atoms with E-state index in [1.165, 1.54) is 0 Å². The predicted molar refractivity (Wildman–Crippen MR) is 223 cm³/mol. The minimum Gasteiger partial charge on any atom is -0.465 e. The summed E-state index contributed by atoms with van der Waals surface area (Å²) in [4.78, 5) is 58.7. The fourth-order valence-electron chi connectivity index (χ4n) is 6.26. The van der Waals surface area contributed by atoms with Crippen molar-refractivity contribution in [2.75, 3.05) is 23.8 Å². The highest BCUT2D eigenvalue weighted by Crippen LogP contribution is 2.30. The van der Waals surface area contributed by atoms with Gasteiger partial charge in [-0.15, -0.1) is 14.8 Å². The molecule has 6 aromatic rings. The number of anilines is 2. The monoisotopic (exact) mass is 804 g/mol. The predicted octanol–water partition coefficient (Wildman–Crippen LogP) is 6.32. The molecule has 0 spiro atoms. The third-order valence-electron chi connectivity index (χ3n) is 9.35. The number of carbonyl (C=O) groups excluding carboxylic acids is 4. The number of esters is 2. The molecule has 2 aromatic carbocycles. The highest BCUT2D eigenvalue weighted by molar-refractivity contribution is 6.02. The zero-order chi connectivity index (χ0) is 42.5. The lowest BCUT2D eigenvalue weighted by molar-refractivity contribution is -0.147. The first-order valence-corrected chi connectivity index (χ1v) is 19.9. The third kappa shape index (κ3) is 10.2. The van der Waals surface area contributed by atoms with Crippen LogP contribution < -0.4 is 15.9 Å². The lowest BCUT2D eigenvalue weighted by Crippen LogP contribution is -2.22. The van der Waals surface area contributed by atoms with E-state index in [4.69, 9.17) is 34.7 Å². The van der Waals surface area contributed by atoms with Crippen LogP contribution in [-0.2, 0) is 39.5 Å². The van der Waals surface area contributed by atoms with E-state index in [1.807, 2.05) is 32.1 Å². The number of aromatic amines is 1. The van der Waals surface area contributed by atoms with Gasteiger partial charge >= 0.3 is 11.9 Å². The average Bonchev–Trinajstić information content (AvgIpc) is 3.93. The number of rotatable bonds is 15. The standard InChI is InChI=1S/C43H52N10O6/c1-9-11-21-58-34(56)24-32(54)44-28-17-13-26(14-18-28)38-46-40-30(36(42(3,4)5)48-52(40)50-38)23-31-37(43(6,7)8)49-53-41(31)47-39(51-53)27-15-19-29(20-16-27)45-33(55)25-35(57)59-22-12-10-2/h13-20,23,48H,9-12,21-22,24-25H2,1-8H3,(H,44,54)(H,45,55). The molecule has 0 fully saturated rings. The summed E-state index contributed by atoms with van der Waals surface area (Å²) >= 11 is 0. The number of unbranched alkanes of at least 4 members (excludes halogenated alkanes) is 2. The fraction of sp³-hybridized carbons (Fsp3) is 0.419. The Balaban J connectivity index is 1.28. The van der Waals surface area contributed by atoms with Crippen LogP contribution in [0.4, 0.5) is 11.4 Å². The summed E-state index contributed by atoms with van der Waals surface area (Å²) in [6, 6.07) is 14.2. The van der Waals surface area contributed by atoms with Gasteiger partial charge in [-0.05, 0) is 67.4 Å². The summed E-state index contributed by atoms with van der Waals surface area (Å²) in [5.74, 6) is -1.10. The Labute approximate surface area is 342 Å². The number of carbonyl (C=O) groups is 4. The molecule has 0 aliphatic rings. The van der Waals surface area contributed by atoms with Crippen molar-refractivity contribution < 1.29 is 28.7 Å². The van der Waals surface area contributed by atoms with Crippen molar-refractivity contribution >= 4 is 52.5 Å². The second kappa shape index (κ2) is 17.6. The molecule has 2 amide bonds. The zero-order valence-corrected chi connectivity index (χ0v) is 34.9. The van der Waals surface area contributed by atoms with Gasteiger partial charge in [-0.3, -0.25) is 24.3 Å². The molecule has 0 aliphatic carbocycles. The van der Waals surface area contributed by atoms with Gasteiger partial charge in [0, 0.05) is 44.1 Å². The molecule has 4 heterocycles. The van der Waals surface area contributed by atoms with E-state index in [-0.39, 0.29) is 23.7 Å². The molecule has 0 aliphatic heterocycles. The van der Waals surface area contributed by atoms with Crippen molar-refractivity contribution in [1.29, 1.82) is 0 Å². The summed E-state index contributed by atoms with van der Waals surface area (Å²) in [6.07, 6.45) is 4.62. The van der Waals surface area contributed by atoms with E-state index >= 15 is 0 Å². The van der Waals surface area contributed by atoms with Gasteiger partial charge in [0.1, 0.15) is 12.8 Å². The Bertz CT molecular complexity index is 2520. The molecule has 16 nitrogen and oxygen atoms in total. The van der Waals surface area contributed by atoms with Gasteiger partial charge in [0.15, 0.2) is 22.9 Å². The van der Waals surface area contributed by atoms with E-state index in [0.29, 0.717) is 53.1 Å².